The van der Waals surface area contributed by atoms with E-state index >= 15 is 0 Å². The molecule has 0 saturated heterocycles. The second kappa shape index (κ2) is 10.9. The van der Waals surface area contributed by atoms with E-state index in [0.717, 1.165) is 22.9 Å². The molecule has 0 aliphatic rings. The number of amides is 2. The first kappa shape index (κ1) is 22.0. The van der Waals surface area contributed by atoms with Crippen LogP contribution in [-0.4, -0.2) is 27.8 Å². The zero-order valence-electron chi connectivity index (χ0n) is 16.9. The SMILES string of the molecule is CC(C)C(=O)Nc1ccc(C(=O)Nc2nnc(SCCCc3ccccc3)s2)cc1. The number of carbonyl (C=O) groups excluding carboxylic acids is 2. The van der Waals surface area contributed by atoms with Crippen LogP contribution in [0.5, 0.6) is 0 Å². The first-order valence-electron chi connectivity index (χ1n) is 9.74. The molecule has 1 heterocycles. The van der Waals surface area contributed by atoms with Crippen LogP contribution < -0.4 is 10.6 Å². The van der Waals surface area contributed by atoms with Gasteiger partial charge in [-0.25, -0.2) is 0 Å². The average Bonchev–Trinajstić information content (AvgIpc) is 3.19. The van der Waals surface area contributed by atoms with Crippen molar-refractivity contribution in [2.45, 2.75) is 31.0 Å². The Bertz CT molecular complexity index is 972. The highest BCUT2D eigenvalue weighted by atomic mass is 32.2. The number of hydrogen-bond donors (Lipinski definition) is 2. The van der Waals surface area contributed by atoms with Crippen LogP contribution in [0.25, 0.3) is 0 Å². The van der Waals surface area contributed by atoms with E-state index in [1.807, 2.05) is 19.9 Å². The Kier molecular flexibility index (Phi) is 7.98. The molecule has 0 spiro atoms. The first-order valence-corrected chi connectivity index (χ1v) is 11.5. The van der Waals surface area contributed by atoms with E-state index in [0.29, 0.717) is 16.4 Å². The van der Waals surface area contributed by atoms with Gasteiger partial charge in [-0.1, -0.05) is 67.3 Å². The normalized spacial score (nSPS) is 10.8. The van der Waals surface area contributed by atoms with E-state index in [-0.39, 0.29) is 17.7 Å². The second-order valence-corrected chi connectivity index (χ2v) is 9.31. The number of benzene rings is 2. The van der Waals surface area contributed by atoms with Crippen molar-refractivity contribution in [2.24, 2.45) is 5.92 Å². The van der Waals surface area contributed by atoms with Crippen LogP contribution in [-0.2, 0) is 11.2 Å². The van der Waals surface area contributed by atoms with Crippen LogP contribution in [0.2, 0.25) is 0 Å². The average molecular weight is 441 g/mol. The zero-order chi connectivity index (χ0) is 21.3. The van der Waals surface area contributed by atoms with Crippen molar-refractivity contribution >= 4 is 45.7 Å². The summed E-state index contributed by atoms with van der Waals surface area (Å²) in [7, 11) is 0. The van der Waals surface area contributed by atoms with Crippen LogP contribution in [0, 0.1) is 5.92 Å². The molecule has 2 N–H and O–H groups in total. The number of aryl methyl sites for hydroxylation is 1. The summed E-state index contributed by atoms with van der Waals surface area (Å²) in [6.07, 6.45) is 2.08. The third-order valence-electron chi connectivity index (χ3n) is 4.24. The Labute approximate surface area is 184 Å². The van der Waals surface area contributed by atoms with Gasteiger partial charge in [-0.2, -0.15) is 0 Å². The van der Waals surface area contributed by atoms with Crippen molar-refractivity contribution in [1.29, 1.82) is 0 Å². The summed E-state index contributed by atoms with van der Waals surface area (Å²) in [6.45, 7) is 3.66. The van der Waals surface area contributed by atoms with E-state index in [1.165, 1.54) is 16.9 Å². The quantitative estimate of drug-likeness (QED) is 0.274. The molecule has 0 fully saturated rings. The van der Waals surface area contributed by atoms with Crippen molar-refractivity contribution in [3.8, 4) is 0 Å². The Morgan fingerprint density at radius 2 is 1.73 bits per heavy atom. The van der Waals surface area contributed by atoms with Gasteiger partial charge in [0.1, 0.15) is 0 Å². The van der Waals surface area contributed by atoms with Crippen molar-refractivity contribution in [3.05, 3.63) is 65.7 Å². The van der Waals surface area contributed by atoms with E-state index in [2.05, 4.69) is 45.1 Å². The molecule has 2 amide bonds. The van der Waals surface area contributed by atoms with Gasteiger partial charge in [0.2, 0.25) is 11.0 Å². The van der Waals surface area contributed by atoms with E-state index in [1.54, 1.807) is 36.0 Å². The van der Waals surface area contributed by atoms with Gasteiger partial charge >= 0.3 is 0 Å². The summed E-state index contributed by atoms with van der Waals surface area (Å²) < 4.78 is 0.838. The van der Waals surface area contributed by atoms with Crippen LogP contribution in [0.4, 0.5) is 10.8 Å². The Hall–Kier alpha value is -2.71. The number of rotatable bonds is 9. The lowest BCUT2D eigenvalue weighted by Crippen LogP contribution is -2.18. The lowest BCUT2D eigenvalue weighted by atomic mass is 10.1. The van der Waals surface area contributed by atoms with E-state index in [9.17, 15) is 9.59 Å². The molecule has 0 aliphatic carbocycles. The van der Waals surface area contributed by atoms with Crippen molar-refractivity contribution < 1.29 is 9.59 Å². The largest absolute Gasteiger partial charge is 0.326 e. The van der Waals surface area contributed by atoms with Gasteiger partial charge in [0.15, 0.2) is 4.34 Å². The van der Waals surface area contributed by atoms with E-state index < -0.39 is 0 Å². The predicted molar refractivity (Wildman–Crippen MR) is 123 cm³/mol. The maximum absolute atomic E-state index is 12.4. The molecule has 0 radical (unpaired) electrons. The molecule has 156 valence electrons. The van der Waals surface area contributed by atoms with Crippen LogP contribution in [0.15, 0.2) is 58.9 Å². The highest BCUT2D eigenvalue weighted by molar-refractivity contribution is 8.01. The number of aromatic nitrogens is 2. The van der Waals surface area contributed by atoms with Gasteiger partial charge in [0.05, 0.1) is 0 Å². The molecule has 1 aromatic heterocycles. The molecule has 0 bridgehead atoms. The Morgan fingerprint density at radius 3 is 2.43 bits per heavy atom. The van der Waals surface area contributed by atoms with Gasteiger partial charge in [-0.05, 0) is 42.7 Å². The van der Waals surface area contributed by atoms with Crippen LogP contribution >= 0.6 is 23.1 Å². The molecule has 8 heteroatoms. The van der Waals surface area contributed by atoms with Crippen molar-refractivity contribution in [3.63, 3.8) is 0 Å². The summed E-state index contributed by atoms with van der Waals surface area (Å²) in [5.74, 6) is 0.528. The lowest BCUT2D eigenvalue weighted by Gasteiger charge is -2.08. The molecule has 0 atom stereocenters. The summed E-state index contributed by atoms with van der Waals surface area (Å²) in [5, 5.41) is 14.2. The predicted octanol–water partition coefficient (Wildman–Crippen LogP) is 5.11. The summed E-state index contributed by atoms with van der Waals surface area (Å²) in [6, 6.07) is 17.2. The monoisotopic (exact) mass is 440 g/mol. The van der Waals surface area contributed by atoms with Crippen molar-refractivity contribution in [1.82, 2.24) is 10.2 Å². The molecule has 2 aromatic carbocycles. The minimum Gasteiger partial charge on any atom is -0.326 e. The number of hydrogen-bond acceptors (Lipinski definition) is 6. The Morgan fingerprint density at radius 1 is 1.00 bits per heavy atom. The third-order valence-corrected chi connectivity index (χ3v) is 6.30. The van der Waals surface area contributed by atoms with Crippen LogP contribution in [0.1, 0.15) is 36.2 Å². The fourth-order valence-electron chi connectivity index (χ4n) is 2.56. The molecule has 0 unspecified atom stereocenters. The lowest BCUT2D eigenvalue weighted by molar-refractivity contribution is -0.118. The first-order chi connectivity index (χ1) is 14.5. The van der Waals surface area contributed by atoms with Gasteiger partial charge in [0.25, 0.3) is 5.91 Å². The number of nitrogens with zero attached hydrogens (tertiary/aromatic N) is 2. The molecule has 6 nitrogen and oxygen atoms in total. The number of thioether (sulfide) groups is 1. The maximum Gasteiger partial charge on any atom is 0.257 e. The molecule has 3 aromatic rings. The molecular formula is C22H24N4O2S2. The summed E-state index contributed by atoms with van der Waals surface area (Å²) in [4.78, 5) is 24.2. The number of anilines is 2. The Balaban J connectivity index is 1.45. The van der Waals surface area contributed by atoms with Gasteiger partial charge in [0, 0.05) is 22.9 Å². The van der Waals surface area contributed by atoms with Gasteiger partial charge in [-0.3, -0.25) is 14.9 Å². The van der Waals surface area contributed by atoms with Crippen molar-refractivity contribution in [2.75, 3.05) is 16.4 Å². The molecular weight excluding hydrogens is 416 g/mol. The number of carbonyl (C=O) groups is 2. The summed E-state index contributed by atoms with van der Waals surface area (Å²) >= 11 is 3.02. The minimum atomic E-state index is -0.256. The molecule has 0 saturated carbocycles. The smallest absolute Gasteiger partial charge is 0.257 e. The molecule has 3 rings (SSSR count). The molecule has 0 aliphatic heterocycles. The van der Waals surface area contributed by atoms with Gasteiger partial charge in [-0.15, -0.1) is 10.2 Å². The van der Waals surface area contributed by atoms with Crippen LogP contribution in [0.3, 0.4) is 0 Å². The second-order valence-electron chi connectivity index (χ2n) is 6.99. The fourth-order valence-corrected chi connectivity index (χ4v) is 4.32. The minimum absolute atomic E-state index is 0.0603. The van der Waals surface area contributed by atoms with Gasteiger partial charge < -0.3 is 5.32 Å². The topological polar surface area (TPSA) is 84.0 Å². The molecule has 30 heavy (non-hydrogen) atoms. The van der Waals surface area contributed by atoms with E-state index in [4.69, 9.17) is 0 Å². The summed E-state index contributed by atoms with van der Waals surface area (Å²) in [5.41, 5.74) is 2.48. The highest BCUT2D eigenvalue weighted by Gasteiger charge is 2.12. The highest BCUT2D eigenvalue weighted by Crippen LogP contribution is 2.26. The zero-order valence-corrected chi connectivity index (χ0v) is 18.6. The third kappa shape index (κ3) is 6.67. The maximum atomic E-state index is 12.4. The standard InChI is InChI=1S/C22H24N4O2S2/c1-15(2)19(27)23-18-12-10-17(11-13-18)20(28)24-21-25-26-22(30-21)29-14-6-9-16-7-4-3-5-8-16/h3-5,7-8,10-13,15H,6,9,14H2,1-2H3,(H,23,27)(H,24,25,28). The number of nitrogens with one attached hydrogen (secondary N) is 2. The fraction of sp³-hybridized carbons (Fsp3) is 0.273.